The average molecular weight is 314 g/mol. The number of hydrogen-bond donors (Lipinski definition) is 0. The van der Waals surface area contributed by atoms with Crippen molar-refractivity contribution in [2.24, 2.45) is 7.05 Å². The fraction of sp³-hybridized carbons (Fsp3) is 0.286. The zero-order valence-electron chi connectivity index (χ0n) is 11.4. The number of alkyl halides is 3. The van der Waals surface area contributed by atoms with Crippen LogP contribution in [0.1, 0.15) is 27.2 Å². The maximum absolute atomic E-state index is 12.8. The third-order valence-electron chi connectivity index (χ3n) is 3.04. The Morgan fingerprint density at radius 1 is 1.33 bits per heavy atom. The van der Waals surface area contributed by atoms with Crippen molar-refractivity contribution in [3.63, 3.8) is 0 Å². The first-order chi connectivity index (χ1) is 9.84. The van der Waals surface area contributed by atoms with Gasteiger partial charge in [0.15, 0.2) is 12.0 Å². The highest BCUT2D eigenvalue weighted by Crippen LogP contribution is 2.36. The quantitative estimate of drug-likeness (QED) is 0.635. The maximum atomic E-state index is 12.8. The molecule has 0 fully saturated rings. The summed E-state index contributed by atoms with van der Waals surface area (Å²) in [6.45, 7) is 1.93. The van der Waals surface area contributed by atoms with Crippen molar-refractivity contribution in [1.29, 1.82) is 0 Å². The van der Waals surface area contributed by atoms with E-state index in [1.54, 1.807) is 0 Å². The van der Waals surface area contributed by atoms with Gasteiger partial charge in [-0.15, -0.1) is 11.8 Å². The minimum atomic E-state index is -4.63. The number of carbonyl (C=O) groups excluding carboxylic acids is 1. The van der Waals surface area contributed by atoms with Gasteiger partial charge in [0.2, 0.25) is 0 Å². The van der Waals surface area contributed by atoms with Gasteiger partial charge >= 0.3 is 6.18 Å². The van der Waals surface area contributed by atoms with Crippen molar-refractivity contribution in [2.45, 2.75) is 23.9 Å². The molecular weight excluding hydrogens is 301 g/mol. The van der Waals surface area contributed by atoms with E-state index in [1.807, 2.05) is 31.2 Å². The second-order valence-electron chi connectivity index (χ2n) is 4.52. The number of hydrogen-bond acceptors (Lipinski definition) is 3. The van der Waals surface area contributed by atoms with Crippen LogP contribution in [0, 0.1) is 6.92 Å². The molecule has 21 heavy (non-hydrogen) atoms. The summed E-state index contributed by atoms with van der Waals surface area (Å²) in [5.41, 5.74) is 0.529. The Balaban J connectivity index is 2.31. The number of thioether (sulfide) groups is 1. The van der Waals surface area contributed by atoms with Crippen molar-refractivity contribution < 1.29 is 18.0 Å². The molecule has 1 aromatic carbocycles. The van der Waals surface area contributed by atoms with Gasteiger partial charge in [0, 0.05) is 12.8 Å². The molecule has 0 aliphatic rings. The summed E-state index contributed by atoms with van der Waals surface area (Å²) >= 11 is 1.17. The highest BCUT2D eigenvalue weighted by Gasteiger charge is 2.38. The lowest BCUT2D eigenvalue weighted by Gasteiger charge is -2.06. The number of aromatic nitrogens is 2. The SMILES string of the molecule is Cc1ccccc1CSc1c(C=O)c(C(F)(F)F)nn1C. The molecule has 7 heteroatoms. The van der Waals surface area contributed by atoms with Gasteiger partial charge < -0.3 is 0 Å². The number of halogens is 3. The fourth-order valence-corrected chi connectivity index (χ4v) is 3.07. The molecular formula is C14H13F3N2OS. The zero-order chi connectivity index (χ0) is 15.6. The number of carbonyl (C=O) groups is 1. The zero-order valence-corrected chi connectivity index (χ0v) is 12.3. The summed E-state index contributed by atoms with van der Waals surface area (Å²) in [7, 11) is 1.41. The molecule has 0 spiro atoms. The van der Waals surface area contributed by atoms with Crippen LogP contribution in [0.4, 0.5) is 13.2 Å². The van der Waals surface area contributed by atoms with E-state index in [9.17, 15) is 18.0 Å². The van der Waals surface area contributed by atoms with E-state index in [1.165, 1.54) is 18.8 Å². The molecule has 0 amide bonds. The Morgan fingerprint density at radius 2 is 2.00 bits per heavy atom. The smallest absolute Gasteiger partial charge is 0.298 e. The monoisotopic (exact) mass is 314 g/mol. The maximum Gasteiger partial charge on any atom is 0.435 e. The van der Waals surface area contributed by atoms with Crippen LogP contribution in [0.3, 0.4) is 0 Å². The molecule has 1 heterocycles. The predicted molar refractivity (Wildman–Crippen MR) is 74.3 cm³/mol. The van der Waals surface area contributed by atoms with Gasteiger partial charge in [0.25, 0.3) is 0 Å². The molecule has 0 aliphatic carbocycles. The first-order valence-electron chi connectivity index (χ1n) is 6.11. The molecule has 0 aliphatic heterocycles. The summed E-state index contributed by atoms with van der Waals surface area (Å²) in [4.78, 5) is 11.0. The number of aryl methyl sites for hydroxylation is 2. The van der Waals surface area contributed by atoms with Gasteiger partial charge in [-0.1, -0.05) is 24.3 Å². The average Bonchev–Trinajstić information content (AvgIpc) is 2.74. The van der Waals surface area contributed by atoms with Crippen LogP contribution in [0.2, 0.25) is 0 Å². The first-order valence-corrected chi connectivity index (χ1v) is 7.10. The molecule has 1 aromatic heterocycles. The number of aldehydes is 1. The topological polar surface area (TPSA) is 34.9 Å². The lowest BCUT2D eigenvalue weighted by molar-refractivity contribution is -0.141. The minimum Gasteiger partial charge on any atom is -0.298 e. The fourth-order valence-electron chi connectivity index (χ4n) is 1.93. The second-order valence-corrected chi connectivity index (χ2v) is 5.49. The normalized spacial score (nSPS) is 11.7. The Labute approximate surface area is 124 Å². The van der Waals surface area contributed by atoms with Crippen molar-refractivity contribution >= 4 is 18.0 Å². The Kier molecular flexibility index (Phi) is 4.41. The minimum absolute atomic E-state index is 0.218. The van der Waals surface area contributed by atoms with Gasteiger partial charge in [0.05, 0.1) is 5.56 Å². The van der Waals surface area contributed by atoms with Gasteiger partial charge in [-0.05, 0) is 18.1 Å². The van der Waals surface area contributed by atoms with Gasteiger partial charge in [0.1, 0.15) is 5.03 Å². The summed E-state index contributed by atoms with van der Waals surface area (Å²) in [5, 5.41) is 3.65. The number of nitrogens with zero attached hydrogens (tertiary/aromatic N) is 2. The molecule has 112 valence electrons. The summed E-state index contributed by atoms with van der Waals surface area (Å²) in [5.74, 6) is 0.477. The lowest BCUT2D eigenvalue weighted by atomic mass is 10.1. The number of benzene rings is 1. The molecule has 2 aromatic rings. The van der Waals surface area contributed by atoms with E-state index in [4.69, 9.17) is 0 Å². The Hall–Kier alpha value is -1.76. The predicted octanol–water partition coefficient (Wildman–Crippen LogP) is 3.85. The van der Waals surface area contributed by atoms with Crippen molar-refractivity contribution in [3.8, 4) is 0 Å². The molecule has 0 bridgehead atoms. The Morgan fingerprint density at radius 3 is 2.57 bits per heavy atom. The first kappa shape index (κ1) is 15.6. The van der Waals surface area contributed by atoms with E-state index in [2.05, 4.69) is 5.10 Å². The van der Waals surface area contributed by atoms with E-state index >= 15 is 0 Å². The molecule has 0 unspecified atom stereocenters. The molecule has 2 rings (SSSR count). The van der Waals surface area contributed by atoms with Crippen LogP contribution in [0.15, 0.2) is 29.3 Å². The van der Waals surface area contributed by atoms with E-state index in [0.717, 1.165) is 15.8 Å². The number of rotatable bonds is 4. The van der Waals surface area contributed by atoms with Crippen LogP contribution >= 0.6 is 11.8 Å². The van der Waals surface area contributed by atoms with Gasteiger partial charge in [-0.25, -0.2) is 0 Å². The van der Waals surface area contributed by atoms with E-state index in [0.29, 0.717) is 5.75 Å². The van der Waals surface area contributed by atoms with Crippen LogP contribution in [0.5, 0.6) is 0 Å². The van der Waals surface area contributed by atoms with Crippen LogP contribution < -0.4 is 0 Å². The molecule has 0 saturated heterocycles. The van der Waals surface area contributed by atoms with E-state index < -0.39 is 17.4 Å². The molecule has 0 N–H and O–H groups in total. The summed E-state index contributed by atoms with van der Waals surface area (Å²) in [6, 6.07) is 7.60. The van der Waals surface area contributed by atoms with Crippen molar-refractivity contribution in [2.75, 3.05) is 0 Å². The summed E-state index contributed by atoms with van der Waals surface area (Å²) in [6.07, 6.45) is -4.41. The summed E-state index contributed by atoms with van der Waals surface area (Å²) < 4.78 is 39.5. The van der Waals surface area contributed by atoms with Gasteiger partial charge in [-0.2, -0.15) is 18.3 Å². The van der Waals surface area contributed by atoms with Crippen molar-refractivity contribution in [1.82, 2.24) is 9.78 Å². The van der Waals surface area contributed by atoms with E-state index in [-0.39, 0.29) is 11.3 Å². The molecule has 3 nitrogen and oxygen atoms in total. The largest absolute Gasteiger partial charge is 0.435 e. The second kappa shape index (κ2) is 5.93. The van der Waals surface area contributed by atoms with Crippen LogP contribution in [-0.4, -0.2) is 16.1 Å². The highest BCUT2D eigenvalue weighted by molar-refractivity contribution is 7.98. The third kappa shape index (κ3) is 3.29. The van der Waals surface area contributed by atoms with Gasteiger partial charge in [-0.3, -0.25) is 9.48 Å². The molecule has 0 radical (unpaired) electrons. The lowest BCUT2D eigenvalue weighted by Crippen LogP contribution is -2.09. The Bertz CT molecular complexity index is 665. The van der Waals surface area contributed by atoms with Crippen LogP contribution in [-0.2, 0) is 19.0 Å². The van der Waals surface area contributed by atoms with Crippen LogP contribution in [0.25, 0.3) is 0 Å². The molecule has 0 saturated carbocycles. The van der Waals surface area contributed by atoms with Crippen molar-refractivity contribution in [3.05, 3.63) is 46.6 Å². The standard InChI is InChI=1S/C14H13F3N2OS/c1-9-5-3-4-6-10(9)8-21-13-11(7-20)12(14(15,16)17)18-19(13)2/h3-7H,8H2,1-2H3. The molecule has 0 atom stereocenters. The highest BCUT2D eigenvalue weighted by atomic mass is 32.2. The third-order valence-corrected chi connectivity index (χ3v) is 4.25.